The Morgan fingerprint density at radius 1 is 1.24 bits per heavy atom. The summed E-state index contributed by atoms with van der Waals surface area (Å²) < 4.78 is 5.21. The molecule has 0 bridgehead atoms. The summed E-state index contributed by atoms with van der Waals surface area (Å²) in [5, 5.41) is 0. The Labute approximate surface area is 101 Å². The molecule has 0 unspecified atom stereocenters. The highest BCUT2D eigenvalue weighted by Crippen LogP contribution is 2.18. The molecule has 1 aromatic carbocycles. The first-order valence-corrected chi connectivity index (χ1v) is 5.54. The van der Waals surface area contributed by atoms with E-state index in [-0.39, 0.29) is 6.01 Å². The third kappa shape index (κ3) is 2.58. The fraction of sp³-hybridized carbons (Fsp3) is 0.308. The SMILES string of the molecule is Cc1oc(N)nc1Cc1ccc(N(C)C)cc1. The van der Waals surface area contributed by atoms with Crippen molar-refractivity contribution < 1.29 is 4.42 Å². The van der Waals surface area contributed by atoms with Gasteiger partial charge in [0.2, 0.25) is 0 Å². The highest BCUT2D eigenvalue weighted by atomic mass is 16.4. The van der Waals surface area contributed by atoms with E-state index in [0.29, 0.717) is 0 Å². The van der Waals surface area contributed by atoms with E-state index in [4.69, 9.17) is 10.2 Å². The summed E-state index contributed by atoms with van der Waals surface area (Å²) in [6.07, 6.45) is 0.750. The van der Waals surface area contributed by atoms with Gasteiger partial charge < -0.3 is 15.1 Å². The Morgan fingerprint density at radius 3 is 2.35 bits per heavy atom. The van der Waals surface area contributed by atoms with Crippen LogP contribution in [0.1, 0.15) is 17.0 Å². The van der Waals surface area contributed by atoms with Gasteiger partial charge in [0.15, 0.2) is 0 Å². The average molecular weight is 231 g/mol. The Hall–Kier alpha value is -1.97. The molecule has 0 spiro atoms. The summed E-state index contributed by atoms with van der Waals surface area (Å²) in [4.78, 5) is 6.24. The average Bonchev–Trinajstić information content (AvgIpc) is 2.58. The van der Waals surface area contributed by atoms with Crippen molar-refractivity contribution in [3.8, 4) is 0 Å². The molecule has 0 radical (unpaired) electrons. The lowest BCUT2D eigenvalue weighted by Crippen LogP contribution is -2.08. The normalized spacial score (nSPS) is 10.5. The lowest BCUT2D eigenvalue weighted by atomic mass is 10.1. The van der Waals surface area contributed by atoms with Crippen molar-refractivity contribution in [2.45, 2.75) is 13.3 Å². The third-order valence-corrected chi connectivity index (χ3v) is 2.73. The van der Waals surface area contributed by atoms with Gasteiger partial charge in [-0.2, -0.15) is 4.98 Å². The Balaban J connectivity index is 2.16. The fourth-order valence-electron chi connectivity index (χ4n) is 1.72. The molecule has 0 atom stereocenters. The summed E-state index contributed by atoms with van der Waals surface area (Å²) in [5.74, 6) is 0.791. The van der Waals surface area contributed by atoms with Crippen LogP contribution in [0.2, 0.25) is 0 Å². The van der Waals surface area contributed by atoms with Crippen molar-refractivity contribution in [2.24, 2.45) is 0 Å². The van der Waals surface area contributed by atoms with Gasteiger partial charge in [-0.15, -0.1) is 0 Å². The van der Waals surface area contributed by atoms with Crippen LogP contribution >= 0.6 is 0 Å². The maximum absolute atomic E-state index is 5.51. The van der Waals surface area contributed by atoms with Crippen molar-refractivity contribution in [3.05, 3.63) is 41.3 Å². The minimum absolute atomic E-state index is 0.238. The number of benzene rings is 1. The molecule has 0 amide bonds. The first kappa shape index (κ1) is 11.5. The topological polar surface area (TPSA) is 55.3 Å². The summed E-state index contributed by atoms with van der Waals surface area (Å²) in [6, 6.07) is 8.61. The van der Waals surface area contributed by atoms with Gasteiger partial charge in [0.25, 0.3) is 6.01 Å². The highest BCUT2D eigenvalue weighted by molar-refractivity contribution is 5.46. The zero-order valence-electron chi connectivity index (χ0n) is 10.4. The van der Waals surface area contributed by atoms with E-state index in [0.717, 1.165) is 17.9 Å². The first-order chi connectivity index (χ1) is 8.06. The van der Waals surface area contributed by atoms with Crippen molar-refractivity contribution in [1.29, 1.82) is 0 Å². The summed E-state index contributed by atoms with van der Waals surface area (Å²) in [7, 11) is 4.05. The lowest BCUT2D eigenvalue weighted by molar-refractivity contribution is 0.545. The van der Waals surface area contributed by atoms with Gasteiger partial charge in [0.05, 0.1) is 5.69 Å². The van der Waals surface area contributed by atoms with Gasteiger partial charge in [0.1, 0.15) is 5.76 Å². The molecule has 0 saturated carbocycles. The summed E-state index contributed by atoms with van der Waals surface area (Å²) in [5.41, 5.74) is 8.80. The summed E-state index contributed by atoms with van der Waals surface area (Å²) >= 11 is 0. The molecule has 2 aromatic rings. The van der Waals surface area contributed by atoms with E-state index < -0.39 is 0 Å². The molecule has 90 valence electrons. The molecule has 1 aromatic heterocycles. The van der Waals surface area contributed by atoms with Crippen molar-refractivity contribution in [2.75, 3.05) is 24.7 Å². The van der Waals surface area contributed by atoms with Crippen LogP contribution in [-0.2, 0) is 6.42 Å². The maximum atomic E-state index is 5.51. The third-order valence-electron chi connectivity index (χ3n) is 2.73. The molecule has 17 heavy (non-hydrogen) atoms. The van der Waals surface area contributed by atoms with Crippen molar-refractivity contribution in [1.82, 2.24) is 4.98 Å². The molecule has 0 saturated heterocycles. The number of nitrogens with two attached hydrogens (primary N) is 1. The van der Waals surface area contributed by atoms with Crippen LogP contribution in [0, 0.1) is 6.92 Å². The van der Waals surface area contributed by atoms with Crippen LogP contribution in [0.4, 0.5) is 11.7 Å². The number of hydrogen-bond donors (Lipinski definition) is 1. The smallest absolute Gasteiger partial charge is 0.292 e. The van der Waals surface area contributed by atoms with E-state index in [1.54, 1.807) is 0 Å². The zero-order chi connectivity index (χ0) is 12.4. The highest BCUT2D eigenvalue weighted by Gasteiger charge is 2.07. The molecule has 0 aliphatic rings. The Bertz CT molecular complexity index is 500. The van der Waals surface area contributed by atoms with Crippen molar-refractivity contribution in [3.63, 3.8) is 0 Å². The van der Waals surface area contributed by atoms with Gasteiger partial charge >= 0.3 is 0 Å². The molecule has 0 aliphatic carbocycles. The number of nitrogen functional groups attached to an aromatic ring is 1. The number of hydrogen-bond acceptors (Lipinski definition) is 4. The molecule has 4 heteroatoms. The second kappa shape index (κ2) is 4.49. The largest absolute Gasteiger partial charge is 0.429 e. The Morgan fingerprint density at radius 2 is 1.88 bits per heavy atom. The van der Waals surface area contributed by atoms with Crippen LogP contribution in [-0.4, -0.2) is 19.1 Å². The Kier molecular flexibility index (Phi) is 3.04. The van der Waals surface area contributed by atoms with Crippen LogP contribution in [0.3, 0.4) is 0 Å². The predicted molar refractivity (Wildman–Crippen MR) is 69.2 cm³/mol. The number of rotatable bonds is 3. The van der Waals surface area contributed by atoms with Crippen LogP contribution in [0.5, 0.6) is 0 Å². The first-order valence-electron chi connectivity index (χ1n) is 5.54. The molecule has 2 rings (SSSR count). The molecule has 0 fully saturated rings. The molecule has 4 nitrogen and oxygen atoms in total. The quantitative estimate of drug-likeness (QED) is 0.880. The zero-order valence-corrected chi connectivity index (χ0v) is 10.4. The maximum Gasteiger partial charge on any atom is 0.292 e. The van der Waals surface area contributed by atoms with Gasteiger partial charge in [-0.05, 0) is 24.6 Å². The number of oxazole rings is 1. The molecule has 1 heterocycles. The van der Waals surface area contributed by atoms with E-state index in [9.17, 15) is 0 Å². The van der Waals surface area contributed by atoms with Crippen LogP contribution < -0.4 is 10.6 Å². The van der Waals surface area contributed by atoms with Gasteiger partial charge in [-0.25, -0.2) is 0 Å². The van der Waals surface area contributed by atoms with E-state index in [2.05, 4.69) is 34.1 Å². The fourth-order valence-corrected chi connectivity index (χ4v) is 1.72. The van der Waals surface area contributed by atoms with Gasteiger partial charge in [0, 0.05) is 26.2 Å². The van der Waals surface area contributed by atoms with Crippen molar-refractivity contribution >= 4 is 11.7 Å². The molecule has 0 aliphatic heterocycles. The summed E-state index contributed by atoms with van der Waals surface area (Å²) in [6.45, 7) is 1.88. The minimum Gasteiger partial charge on any atom is -0.429 e. The van der Waals surface area contributed by atoms with Crippen LogP contribution in [0.15, 0.2) is 28.7 Å². The number of anilines is 2. The monoisotopic (exact) mass is 231 g/mol. The van der Waals surface area contributed by atoms with E-state index in [1.165, 1.54) is 11.3 Å². The number of aryl methyl sites for hydroxylation is 1. The number of aromatic nitrogens is 1. The minimum atomic E-state index is 0.238. The molecular weight excluding hydrogens is 214 g/mol. The standard InChI is InChI=1S/C13H17N3O/c1-9-12(15-13(14)17-9)8-10-4-6-11(7-5-10)16(2)3/h4-7H,8H2,1-3H3,(H2,14,15). The molecular formula is C13H17N3O. The molecule has 2 N–H and O–H groups in total. The van der Waals surface area contributed by atoms with Gasteiger partial charge in [-0.3, -0.25) is 0 Å². The second-order valence-electron chi connectivity index (χ2n) is 4.29. The van der Waals surface area contributed by atoms with E-state index in [1.807, 2.05) is 21.0 Å². The second-order valence-corrected chi connectivity index (χ2v) is 4.29. The van der Waals surface area contributed by atoms with E-state index >= 15 is 0 Å². The lowest BCUT2D eigenvalue weighted by Gasteiger charge is -2.12. The van der Waals surface area contributed by atoms with Gasteiger partial charge in [-0.1, -0.05) is 12.1 Å². The van der Waals surface area contributed by atoms with Crippen LogP contribution in [0.25, 0.3) is 0 Å². The number of nitrogens with zero attached hydrogens (tertiary/aromatic N) is 2. The predicted octanol–water partition coefficient (Wildman–Crippen LogP) is 2.22.